The number of esters is 1. The van der Waals surface area contributed by atoms with E-state index in [-0.39, 0.29) is 59.0 Å². The highest BCUT2D eigenvalue weighted by atomic mass is 127. The summed E-state index contributed by atoms with van der Waals surface area (Å²) in [5.41, 5.74) is 13.1. The lowest BCUT2D eigenvalue weighted by molar-refractivity contribution is 0.0414. The fourth-order valence-corrected chi connectivity index (χ4v) is 3.05. The first kappa shape index (κ1) is 22.2. The highest BCUT2D eigenvalue weighted by Crippen LogP contribution is 2.20. The van der Waals surface area contributed by atoms with Gasteiger partial charge in [-0.1, -0.05) is 37.1 Å². The number of ether oxygens (including phenoxy) is 1. The molecule has 1 atom stereocenters. The molecule has 28 heavy (non-hydrogen) atoms. The Balaban J connectivity index is 0.00000280. The Morgan fingerprint density at radius 3 is 2.75 bits per heavy atom. The number of rotatable bonds is 7. The van der Waals surface area contributed by atoms with Crippen molar-refractivity contribution < 1.29 is 9.53 Å². The van der Waals surface area contributed by atoms with Crippen molar-refractivity contribution in [1.29, 1.82) is 0 Å². The van der Waals surface area contributed by atoms with Crippen molar-refractivity contribution in [3.63, 3.8) is 0 Å². The molecule has 0 aliphatic carbocycles. The molecule has 0 spiro atoms. The maximum absolute atomic E-state index is 12.3. The summed E-state index contributed by atoms with van der Waals surface area (Å²) in [4.78, 5) is 24.4. The monoisotopic (exact) mass is 516 g/mol. The molecule has 0 saturated carbocycles. The van der Waals surface area contributed by atoms with Gasteiger partial charge >= 0.3 is 5.97 Å². The van der Waals surface area contributed by atoms with Crippen LogP contribution in [-0.2, 0) is 11.3 Å². The lowest BCUT2D eigenvalue weighted by Crippen LogP contribution is -2.21. The van der Waals surface area contributed by atoms with Crippen LogP contribution >= 0.6 is 35.6 Å². The summed E-state index contributed by atoms with van der Waals surface area (Å²) >= 11 is 5.82. The fourth-order valence-electron chi connectivity index (χ4n) is 2.92. The van der Waals surface area contributed by atoms with Crippen molar-refractivity contribution in [2.75, 3.05) is 18.1 Å². The number of hydrogen-bond donors (Lipinski definition) is 2. The van der Waals surface area contributed by atoms with Crippen LogP contribution < -0.4 is 11.5 Å². The average molecular weight is 517 g/mol. The van der Waals surface area contributed by atoms with E-state index >= 15 is 0 Å². The van der Waals surface area contributed by atoms with Gasteiger partial charge in [0.1, 0.15) is 0 Å². The number of benzene rings is 1. The van der Waals surface area contributed by atoms with Gasteiger partial charge in [0.2, 0.25) is 0 Å². The van der Waals surface area contributed by atoms with Gasteiger partial charge in [-0.15, -0.1) is 24.0 Å². The molecule has 0 fully saturated rings. The first-order valence-corrected chi connectivity index (χ1v) is 9.02. The van der Waals surface area contributed by atoms with Crippen molar-refractivity contribution >= 4 is 64.2 Å². The van der Waals surface area contributed by atoms with Crippen molar-refractivity contribution in [1.82, 2.24) is 19.5 Å². The van der Waals surface area contributed by atoms with Gasteiger partial charge in [-0.3, -0.25) is 0 Å². The molecule has 2 aromatic heterocycles. The second kappa shape index (κ2) is 9.87. The van der Waals surface area contributed by atoms with E-state index < -0.39 is 5.97 Å². The Morgan fingerprint density at radius 1 is 1.25 bits per heavy atom. The third-order valence-corrected chi connectivity index (χ3v) is 4.51. The van der Waals surface area contributed by atoms with E-state index in [0.717, 1.165) is 23.9 Å². The number of carbonyl (C=O) groups is 1. The maximum Gasteiger partial charge on any atom is 0.360 e. The summed E-state index contributed by atoms with van der Waals surface area (Å²) in [7, 11) is 0. The number of aromatic nitrogens is 4. The summed E-state index contributed by atoms with van der Waals surface area (Å²) in [5.74, 6) is -0.676. The Bertz CT molecular complexity index is 964. The topological polar surface area (TPSA) is 122 Å². The maximum atomic E-state index is 12.3. The zero-order valence-electron chi connectivity index (χ0n) is 15.3. The number of para-hydroxylation sites is 2. The first-order valence-electron chi connectivity index (χ1n) is 8.65. The van der Waals surface area contributed by atoms with E-state index in [4.69, 9.17) is 27.8 Å². The van der Waals surface area contributed by atoms with E-state index in [2.05, 4.69) is 26.4 Å². The lowest BCUT2D eigenvalue weighted by Gasteiger charge is -2.17. The molecule has 8 nitrogen and oxygen atoms in total. The molecule has 10 heteroatoms. The SMILES string of the molecule is CCCC(COC(=O)c1nc(Cl)c(N)nc1N)Cn1cnc2ccccc21.I. The molecule has 1 unspecified atom stereocenters. The van der Waals surface area contributed by atoms with E-state index in [1.54, 1.807) is 6.33 Å². The predicted molar refractivity (Wildman–Crippen MR) is 120 cm³/mol. The molecule has 150 valence electrons. The first-order chi connectivity index (χ1) is 13.0. The minimum absolute atomic E-state index is 0. The smallest absolute Gasteiger partial charge is 0.360 e. The highest BCUT2D eigenvalue weighted by Gasteiger charge is 2.20. The number of nitrogens with zero attached hydrogens (tertiary/aromatic N) is 4. The number of hydrogen-bond acceptors (Lipinski definition) is 7. The molecule has 2 heterocycles. The average Bonchev–Trinajstić information content (AvgIpc) is 3.05. The van der Waals surface area contributed by atoms with Gasteiger partial charge in [0.15, 0.2) is 22.5 Å². The number of nitrogen functional groups attached to an aromatic ring is 2. The van der Waals surface area contributed by atoms with Gasteiger partial charge in [0.05, 0.1) is 24.0 Å². The van der Waals surface area contributed by atoms with Crippen molar-refractivity contribution in [2.45, 2.75) is 26.3 Å². The van der Waals surface area contributed by atoms with Crippen LogP contribution in [0.2, 0.25) is 5.15 Å². The number of imidazole rings is 1. The summed E-state index contributed by atoms with van der Waals surface area (Å²) in [6.07, 6.45) is 3.66. The second-order valence-electron chi connectivity index (χ2n) is 6.27. The van der Waals surface area contributed by atoms with Gasteiger partial charge in [0, 0.05) is 12.5 Å². The number of nitrogens with two attached hydrogens (primary N) is 2. The molecule has 0 bridgehead atoms. The minimum Gasteiger partial charge on any atom is -0.460 e. The molecule has 0 amide bonds. The molecule has 4 N–H and O–H groups in total. The van der Waals surface area contributed by atoms with Crippen LogP contribution in [0.25, 0.3) is 11.0 Å². The third kappa shape index (κ3) is 5.02. The van der Waals surface area contributed by atoms with Crippen LogP contribution in [0.4, 0.5) is 11.6 Å². The van der Waals surface area contributed by atoms with Gasteiger partial charge in [0.25, 0.3) is 0 Å². The van der Waals surface area contributed by atoms with Crippen LogP contribution in [0.15, 0.2) is 30.6 Å². The summed E-state index contributed by atoms with van der Waals surface area (Å²) in [5, 5.41) is -0.0776. The second-order valence-corrected chi connectivity index (χ2v) is 6.63. The Morgan fingerprint density at radius 2 is 2.00 bits per heavy atom. The molecule has 0 aliphatic heterocycles. The molecule has 3 rings (SSSR count). The number of halogens is 2. The fraction of sp³-hybridized carbons (Fsp3) is 0.333. The van der Waals surface area contributed by atoms with Crippen LogP contribution in [-0.4, -0.2) is 32.1 Å². The lowest BCUT2D eigenvalue weighted by atomic mass is 10.0. The van der Waals surface area contributed by atoms with Crippen LogP contribution in [0.5, 0.6) is 0 Å². The van der Waals surface area contributed by atoms with Crippen molar-refractivity contribution in [3.8, 4) is 0 Å². The van der Waals surface area contributed by atoms with Gasteiger partial charge in [-0.2, -0.15) is 0 Å². The predicted octanol–water partition coefficient (Wildman–Crippen LogP) is 3.54. The van der Waals surface area contributed by atoms with Crippen LogP contribution in [0.1, 0.15) is 30.3 Å². The van der Waals surface area contributed by atoms with Crippen molar-refractivity contribution in [2.24, 2.45) is 5.92 Å². The van der Waals surface area contributed by atoms with Gasteiger partial charge < -0.3 is 20.8 Å². The summed E-state index contributed by atoms with van der Waals surface area (Å²) in [6, 6.07) is 7.91. The minimum atomic E-state index is -0.668. The van der Waals surface area contributed by atoms with Crippen LogP contribution in [0.3, 0.4) is 0 Å². The molecular weight excluding hydrogens is 495 g/mol. The van der Waals surface area contributed by atoms with Gasteiger partial charge in [-0.05, 0) is 18.6 Å². The largest absolute Gasteiger partial charge is 0.460 e. The Kier molecular flexibility index (Phi) is 7.81. The highest BCUT2D eigenvalue weighted by molar-refractivity contribution is 14.0. The summed E-state index contributed by atoms with van der Waals surface area (Å²) in [6.45, 7) is 3.00. The van der Waals surface area contributed by atoms with E-state index in [9.17, 15) is 4.79 Å². The third-order valence-electron chi connectivity index (χ3n) is 4.23. The number of fused-ring (bicyclic) bond motifs is 1. The van der Waals surface area contributed by atoms with E-state index in [0.29, 0.717) is 6.54 Å². The number of anilines is 2. The Labute approximate surface area is 184 Å². The zero-order valence-corrected chi connectivity index (χ0v) is 18.4. The molecule has 0 radical (unpaired) electrons. The van der Waals surface area contributed by atoms with E-state index in [1.165, 1.54) is 0 Å². The van der Waals surface area contributed by atoms with E-state index in [1.807, 2.05) is 24.3 Å². The quantitative estimate of drug-likeness (QED) is 0.364. The number of carbonyl (C=O) groups excluding carboxylic acids is 1. The Hall–Kier alpha value is -2.14. The zero-order chi connectivity index (χ0) is 19.4. The van der Waals surface area contributed by atoms with Gasteiger partial charge in [-0.25, -0.2) is 19.7 Å². The summed E-state index contributed by atoms with van der Waals surface area (Å²) < 4.78 is 7.49. The molecule has 0 saturated heterocycles. The van der Waals surface area contributed by atoms with Crippen LogP contribution in [0, 0.1) is 5.92 Å². The molecule has 0 aliphatic rings. The molecule has 3 aromatic rings. The normalized spacial score (nSPS) is 11.8. The molecular formula is C18H22ClIN6O2. The standard InChI is InChI=1S/C18H21ClN6O2.HI/c1-2-5-11(8-25-10-22-12-6-3-4-7-13(12)25)9-27-18(26)14-16(20)24-17(21)15(19)23-14;/h3-4,6-7,10-11H,2,5,8-9H2,1H3,(H4,20,21,24);1H. The molecule has 1 aromatic carbocycles. The van der Waals surface area contributed by atoms with Crippen molar-refractivity contribution in [3.05, 3.63) is 41.4 Å².